The number of fused-ring (bicyclic) bond motifs is 4. The zero-order valence-corrected chi connectivity index (χ0v) is 22.6. The molecule has 7 rings (SSSR count). The molecule has 1 aliphatic heterocycles. The van der Waals surface area contributed by atoms with Crippen LogP contribution in [0.1, 0.15) is 63.9 Å². The SMILES string of the molecule is CC(C(=O)NC1COC1)c1cnc(N[C@@H](C)C23CCC(Nc4ccc5ccnc(Cl)c5n4)(CC2)CC3)nc1. The monoisotopic (exact) mass is 535 g/mol. The first kappa shape index (κ1) is 25.2. The van der Waals surface area contributed by atoms with Crippen molar-refractivity contribution in [2.45, 2.75) is 75.9 Å². The van der Waals surface area contributed by atoms with E-state index in [1.807, 2.05) is 19.1 Å². The van der Waals surface area contributed by atoms with Gasteiger partial charge in [0.05, 0.1) is 25.2 Å². The summed E-state index contributed by atoms with van der Waals surface area (Å²) in [5.74, 6) is 1.16. The number of rotatable bonds is 8. The molecule has 0 spiro atoms. The van der Waals surface area contributed by atoms with Crippen molar-refractivity contribution in [3.05, 3.63) is 47.5 Å². The van der Waals surface area contributed by atoms with E-state index in [4.69, 9.17) is 21.3 Å². The second-order valence-electron chi connectivity index (χ2n) is 11.3. The Labute approximate surface area is 227 Å². The van der Waals surface area contributed by atoms with Crippen LogP contribution in [0.3, 0.4) is 0 Å². The highest BCUT2D eigenvalue weighted by Gasteiger charge is 2.51. The van der Waals surface area contributed by atoms with Crippen molar-refractivity contribution < 1.29 is 9.53 Å². The lowest BCUT2D eigenvalue weighted by Gasteiger charge is -2.56. The normalized spacial score (nSPS) is 26.4. The highest BCUT2D eigenvalue weighted by Crippen LogP contribution is 2.55. The van der Waals surface area contributed by atoms with Crippen LogP contribution >= 0.6 is 11.6 Å². The number of nitrogens with one attached hydrogen (secondary N) is 3. The van der Waals surface area contributed by atoms with Gasteiger partial charge in [-0.05, 0) is 76.0 Å². The summed E-state index contributed by atoms with van der Waals surface area (Å²) in [6.45, 7) is 5.30. The maximum Gasteiger partial charge on any atom is 0.227 e. The molecule has 1 saturated heterocycles. The Morgan fingerprint density at radius 3 is 2.39 bits per heavy atom. The second-order valence-corrected chi connectivity index (χ2v) is 11.7. The molecular formula is C28H34ClN7O2. The molecule has 9 nitrogen and oxygen atoms in total. The lowest BCUT2D eigenvalue weighted by atomic mass is 9.55. The molecule has 1 unspecified atom stereocenters. The standard InChI is InChI=1S/C28H34ClN7O2/c1-17(25(37)34-21-15-38-16-21)20-13-31-26(32-14-20)33-18(2)27-6-9-28(10-7-27,11-8-27)36-22-4-3-19-5-12-30-24(29)23(19)35-22/h3-5,12-14,17-18,21H,6-11,15-16H2,1-2H3,(H,34,37)(H,35,36)(H,31,32,33)/t17?,18-,27?,28?/m0/s1. The largest absolute Gasteiger partial charge is 0.377 e. The number of carbonyl (C=O) groups is 1. The van der Waals surface area contributed by atoms with Crippen molar-refractivity contribution in [2.75, 3.05) is 23.8 Å². The van der Waals surface area contributed by atoms with E-state index < -0.39 is 0 Å². The molecule has 4 aliphatic rings. The summed E-state index contributed by atoms with van der Waals surface area (Å²) in [5.41, 5.74) is 1.83. The van der Waals surface area contributed by atoms with Gasteiger partial charge in [-0.15, -0.1) is 0 Å². The molecule has 3 aliphatic carbocycles. The highest BCUT2D eigenvalue weighted by atomic mass is 35.5. The predicted molar refractivity (Wildman–Crippen MR) is 147 cm³/mol. The molecule has 4 fully saturated rings. The number of anilines is 2. The van der Waals surface area contributed by atoms with Gasteiger partial charge in [-0.1, -0.05) is 11.6 Å². The minimum atomic E-state index is -0.303. The summed E-state index contributed by atoms with van der Waals surface area (Å²) in [6, 6.07) is 6.39. The zero-order chi connectivity index (χ0) is 26.3. The van der Waals surface area contributed by atoms with Gasteiger partial charge in [0.25, 0.3) is 0 Å². The first-order valence-electron chi connectivity index (χ1n) is 13.5. The quantitative estimate of drug-likeness (QED) is 0.356. The van der Waals surface area contributed by atoms with Crippen LogP contribution < -0.4 is 16.0 Å². The number of amides is 1. The van der Waals surface area contributed by atoms with Crippen molar-refractivity contribution in [1.82, 2.24) is 25.3 Å². The third-order valence-electron chi connectivity index (χ3n) is 9.08. The second kappa shape index (κ2) is 9.93. The third-order valence-corrected chi connectivity index (χ3v) is 9.35. The van der Waals surface area contributed by atoms with Crippen molar-refractivity contribution in [2.24, 2.45) is 5.41 Å². The lowest BCUT2D eigenvalue weighted by molar-refractivity contribution is -0.126. The average Bonchev–Trinajstić information content (AvgIpc) is 2.92. The summed E-state index contributed by atoms with van der Waals surface area (Å²) in [7, 11) is 0. The van der Waals surface area contributed by atoms with Gasteiger partial charge < -0.3 is 20.7 Å². The maximum atomic E-state index is 12.5. The van der Waals surface area contributed by atoms with Gasteiger partial charge >= 0.3 is 0 Å². The van der Waals surface area contributed by atoms with Crippen molar-refractivity contribution in [3.63, 3.8) is 0 Å². The molecule has 4 heterocycles. The topological polar surface area (TPSA) is 114 Å². The fourth-order valence-corrected chi connectivity index (χ4v) is 6.39. The number of halogens is 1. The van der Waals surface area contributed by atoms with Gasteiger partial charge in [0, 0.05) is 41.1 Å². The average molecular weight is 536 g/mol. The number of pyridine rings is 2. The third kappa shape index (κ3) is 4.78. The molecule has 200 valence electrons. The zero-order valence-electron chi connectivity index (χ0n) is 21.8. The number of aromatic nitrogens is 4. The van der Waals surface area contributed by atoms with Crippen LogP contribution in [0.2, 0.25) is 5.15 Å². The molecule has 2 bridgehead atoms. The predicted octanol–water partition coefficient (Wildman–Crippen LogP) is 4.70. The molecule has 0 aromatic carbocycles. The Kier molecular flexibility index (Phi) is 6.60. The Balaban J connectivity index is 1.06. The molecule has 3 saturated carbocycles. The van der Waals surface area contributed by atoms with E-state index in [1.54, 1.807) is 18.6 Å². The van der Waals surface area contributed by atoms with Crippen LogP contribution in [0.25, 0.3) is 10.9 Å². The van der Waals surface area contributed by atoms with Gasteiger partial charge in [0.1, 0.15) is 11.3 Å². The van der Waals surface area contributed by atoms with E-state index in [0.29, 0.717) is 24.3 Å². The molecular weight excluding hydrogens is 502 g/mol. The number of nitrogens with zero attached hydrogens (tertiary/aromatic N) is 4. The van der Waals surface area contributed by atoms with E-state index in [1.165, 1.54) is 0 Å². The van der Waals surface area contributed by atoms with E-state index in [9.17, 15) is 4.79 Å². The Bertz CT molecular complexity index is 1310. The smallest absolute Gasteiger partial charge is 0.227 e. The Morgan fingerprint density at radius 2 is 1.74 bits per heavy atom. The molecule has 3 aromatic rings. The van der Waals surface area contributed by atoms with Gasteiger partial charge in [0.2, 0.25) is 11.9 Å². The summed E-state index contributed by atoms with van der Waals surface area (Å²) in [6.07, 6.45) is 11.9. The summed E-state index contributed by atoms with van der Waals surface area (Å²) >= 11 is 6.29. The minimum absolute atomic E-state index is 0.0185. The maximum absolute atomic E-state index is 12.5. The minimum Gasteiger partial charge on any atom is -0.377 e. The first-order chi connectivity index (χ1) is 18.3. The number of hydrogen-bond donors (Lipinski definition) is 3. The van der Waals surface area contributed by atoms with Gasteiger partial charge in [0.15, 0.2) is 5.15 Å². The van der Waals surface area contributed by atoms with E-state index >= 15 is 0 Å². The molecule has 2 atom stereocenters. The highest BCUT2D eigenvalue weighted by molar-refractivity contribution is 6.33. The van der Waals surface area contributed by atoms with Gasteiger partial charge in [-0.3, -0.25) is 4.79 Å². The fourth-order valence-electron chi connectivity index (χ4n) is 6.19. The van der Waals surface area contributed by atoms with Gasteiger partial charge in [-0.2, -0.15) is 0 Å². The van der Waals surface area contributed by atoms with E-state index in [2.05, 4.69) is 43.9 Å². The van der Waals surface area contributed by atoms with Crippen molar-refractivity contribution in [3.8, 4) is 0 Å². The van der Waals surface area contributed by atoms with Gasteiger partial charge in [-0.25, -0.2) is 19.9 Å². The molecule has 3 aromatic heterocycles. The van der Waals surface area contributed by atoms with E-state index in [0.717, 1.165) is 60.8 Å². The molecule has 3 N–H and O–H groups in total. The van der Waals surface area contributed by atoms with Crippen molar-refractivity contribution in [1.29, 1.82) is 0 Å². The van der Waals surface area contributed by atoms with Crippen LogP contribution in [0.5, 0.6) is 0 Å². The van der Waals surface area contributed by atoms with Crippen LogP contribution in [0, 0.1) is 5.41 Å². The Hall–Kier alpha value is -3.04. The summed E-state index contributed by atoms with van der Waals surface area (Å²) < 4.78 is 5.13. The summed E-state index contributed by atoms with van der Waals surface area (Å²) in [5, 5.41) is 11.8. The van der Waals surface area contributed by atoms with Crippen LogP contribution in [0.4, 0.5) is 11.8 Å². The fraction of sp³-hybridized carbons (Fsp3) is 0.536. The lowest BCUT2D eigenvalue weighted by Crippen LogP contribution is -2.55. The number of hydrogen-bond acceptors (Lipinski definition) is 8. The summed E-state index contributed by atoms with van der Waals surface area (Å²) in [4.78, 5) is 30.5. The first-order valence-corrected chi connectivity index (χ1v) is 13.9. The molecule has 10 heteroatoms. The number of ether oxygens (including phenoxy) is 1. The van der Waals surface area contributed by atoms with Crippen LogP contribution in [-0.2, 0) is 9.53 Å². The van der Waals surface area contributed by atoms with Crippen LogP contribution in [-0.4, -0.2) is 56.7 Å². The number of carbonyl (C=O) groups excluding carboxylic acids is 1. The molecule has 1 amide bonds. The Morgan fingerprint density at radius 1 is 1.03 bits per heavy atom. The van der Waals surface area contributed by atoms with Crippen LogP contribution in [0.15, 0.2) is 36.8 Å². The molecule has 0 radical (unpaired) electrons. The van der Waals surface area contributed by atoms with E-state index in [-0.39, 0.29) is 34.9 Å². The molecule has 38 heavy (non-hydrogen) atoms. The van der Waals surface area contributed by atoms with Crippen molar-refractivity contribution >= 4 is 40.2 Å².